The van der Waals surface area contributed by atoms with E-state index in [1.807, 2.05) is 0 Å². The van der Waals surface area contributed by atoms with Gasteiger partial charge < -0.3 is 10.6 Å². The molecule has 0 radical (unpaired) electrons. The second-order valence-electron chi connectivity index (χ2n) is 6.32. The zero-order valence-corrected chi connectivity index (χ0v) is 12.5. The second-order valence-corrected chi connectivity index (χ2v) is 6.32. The van der Waals surface area contributed by atoms with Crippen LogP contribution in [0.15, 0.2) is 0 Å². The number of piperazine rings is 1. The lowest BCUT2D eigenvalue weighted by Gasteiger charge is -2.48. The van der Waals surface area contributed by atoms with E-state index < -0.39 is 0 Å². The highest BCUT2D eigenvalue weighted by atomic mass is 16.2. The molecule has 19 heavy (non-hydrogen) atoms. The fraction of sp³-hybridized carbons (Fsp3) is 0.933. The van der Waals surface area contributed by atoms with Gasteiger partial charge in [-0.25, -0.2) is 0 Å². The van der Waals surface area contributed by atoms with Crippen LogP contribution in [0.5, 0.6) is 0 Å². The molecule has 0 bridgehead atoms. The summed E-state index contributed by atoms with van der Waals surface area (Å²) in [6, 6.07) is 0.970. The topological polar surface area (TPSA) is 49.6 Å². The summed E-state index contributed by atoms with van der Waals surface area (Å²) < 4.78 is 0. The summed E-state index contributed by atoms with van der Waals surface area (Å²) in [5.41, 5.74) is 5.54. The van der Waals surface area contributed by atoms with Gasteiger partial charge >= 0.3 is 0 Å². The molecule has 2 fully saturated rings. The van der Waals surface area contributed by atoms with Gasteiger partial charge in [0.2, 0.25) is 5.91 Å². The maximum atomic E-state index is 12.6. The number of hydrogen-bond acceptors (Lipinski definition) is 3. The van der Waals surface area contributed by atoms with Crippen molar-refractivity contribution in [3.05, 3.63) is 0 Å². The van der Waals surface area contributed by atoms with Crippen molar-refractivity contribution in [2.45, 2.75) is 58.0 Å². The Bertz CT molecular complexity index is 308. The number of fused-ring (bicyclic) bond motifs is 1. The van der Waals surface area contributed by atoms with E-state index in [-0.39, 0.29) is 5.92 Å². The standard InChI is InChI=1S/C15H29N3O/c1-12(6-5-8-16)15(19)18-11-14-7-3-4-9-17(14)10-13(18)2/h12-14H,3-11,16H2,1-2H3. The Hall–Kier alpha value is -0.610. The van der Waals surface area contributed by atoms with Crippen molar-refractivity contribution in [1.29, 1.82) is 0 Å². The monoisotopic (exact) mass is 267 g/mol. The van der Waals surface area contributed by atoms with Crippen LogP contribution >= 0.6 is 0 Å². The van der Waals surface area contributed by atoms with Crippen LogP contribution in [0.2, 0.25) is 0 Å². The highest BCUT2D eigenvalue weighted by molar-refractivity contribution is 5.79. The molecule has 0 spiro atoms. The van der Waals surface area contributed by atoms with Gasteiger partial charge in [-0.1, -0.05) is 13.3 Å². The van der Waals surface area contributed by atoms with Crippen LogP contribution in [0.4, 0.5) is 0 Å². The minimum absolute atomic E-state index is 0.126. The summed E-state index contributed by atoms with van der Waals surface area (Å²) in [5.74, 6) is 0.465. The number of piperidine rings is 1. The molecule has 0 aliphatic carbocycles. The molecule has 1 amide bonds. The molecule has 0 aromatic heterocycles. The Morgan fingerprint density at radius 2 is 2.16 bits per heavy atom. The van der Waals surface area contributed by atoms with E-state index >= 15 is 0 Å². The largest absolute Gasteiger partial charge is 0.337 e. The first-order valence-electron chi connectivity index (χ1n) is 7.88. The Morgan fingerprint density at radius 1 is 1.37 bits per heavy atom. The van der Waals surface area contributed by atoms with E-state index in [4.69, 9.17) is 5.73 Å². The second kappa shape index (κ2) is 6.71. The summed E-state index contributed by atoms with van der Waals surface area (Å²) in [7, 11) is 0. The summed E-state index contributed by atoms with van der Waals surface area (Å²) in [4.78, 5) is 17.3. The third-order valence-corrected chi connectivity index (χ3v) is 4.73. The van der Waals surface area contributed by atoms with E-state index in [9.17, 15) is 4.79 Å². The maximum absolute atomic E-state index is 12.6. The van der Waals surface area contributed by atoms with E-state index in [0.717, 1.165) is 25.9 Å². The molecule has 2 saturated heterocycles. The predicted molar refractivity (Wildman–Crippen MR) is 77.8 cm³/mol. The maximum Gasteiger partial charge on any atom is 0.225 e. The Kier molecular flexibility index (Phi) is 5.22. The first kappa shape index (κ1) is 14.8. The summed E-state index contributed by atoms with van der Waals surface area (Å²) in [5, 5.41) is 0. The number of amides is 1. The lowest BCUT2D eigenvalue weighted by atomic mass is 9.95. The predicted octanol–water partition coefficient (Wildman–Crippen LogP) is 1.45. The lowest BCUT2D eigenvalue weighted by molar-refractivity contribution is -0.142. The number of nitrogens with zero attached hydrogens (tertiary/aromatic N) is 2. The Balaban J connectivity index is 1.93. The Labute approximate surface area is 117 Å². The number of carbonyl (C=O) groups excluding carboxylic acids is 1. The molecule has 2 aliphatic rings. The molecule has 4 nitrogen and oxygen atoms in total. The average Bonchev–Trinajstić information content (AvgIpc) is 2.43. The molecular weight excluding hydrogens is 238 g/mol. The fourth-order valence-corrected chi connectivity index (χ4v) is 3.49. The van der Waals surface area contributed by atoms with Crippen LogP contribution in [-0.2, 0) is 4.79 Å². The van der Waals surface area contributed by atoms with Crippen molar-refractivity contribution in [3.8, 4) is 0 Å². The summed E-state index contributed by atoms with van der Waals surface area (Å²) >= 11 is 0. The number of carbonyl (C=O) groups is 1. The Morgan fingerprint density at radius 3 is 2.89 bits per heavy atom. The molecule has 0 aromatic rings. The average molecular weight is 267 g/mol. The van der Waals surface area contributed by atoms with E-state index in [1.165, 1.54) is 25.8 Å². The van der Waals surface area contributed by atoms with Gasteiger partial charge in [-0.05, 0) is 45.7 Å². The van der Waals surface area contributed by atoms with Gasteiger partial charge in [-0.2, -0.15) is 0 Å². The van der Waals surface area contributed by atoms with Gasteiger partial charge in [0, 0.05) is 31.1 Å². The highest BCUT2D eigenvalue weighted by Gasteiger charge is 2.36. The molecule has 2 rings (SSSR count). The fourth-order valence-electron chi connectivity index (χ4n) is 3.49. The molecular formula is C15H29N3O. The summed E-state index contributed by atoms with van der Waals surface area (Å²) in [6.45, 7) is 8.15. The number of nitrogens with two attached hydrogens (primary N) is 1. The van der Waals surface area contributed by atoms with E-state index in [0.29, 0.717) is 24.5 Å². The molecule has 3 unspecified atom stereocenters. The van der Waals surface area contributed by atoms with Gasteiger partial charge in [0.25, 0.3) is 0 Å². The zero-order valence-electron chi connectivity index (χ0n) is 12.5. The SMILES string of the molecule is CC(CCCN)C(=O)N1CC2CCCCN2CC1C. The minimum Gasteiger partial charge on any atom is -0.337 e. The molecule has 2 heterocycles. The van der Waals surface area contributed by atoms with Crippen molar-refractivity contribution in [2.24, 2.45) is 11.7 Å². The molecule has 4 heteroatoms. The first-order chi connectivity index (χ1) is 9.13. The minimum atomic E-state index is 0.126. The molecule has 110 valence electrons. The van der Waals surface area contributed by atoms with Crippen LogP contribution in [0.3, 0.4) is 0 Å². The van der Waals surface area contributed by atoms with Crippen molar-refractivity contribution in [1.82, 2.24) is 9.80 Å². The van der Waals surface area contributed by atoms with Crippen LogP contribution in [0.25, 0.3) is 0 Å². The van der Waals surface area contributed by atoms with Gasteiger partial charge in [0.05, 0.1) is 0 Å². The number of rotatable bonds is 4. The first-order valence-corrected chi connectivity index (χ1v) is 7.88. The van der Waals surface area contributed by atoms with Gasteiger partial charge in [0.15, 0.2) is 0 Å². The molecule has 3 atom stereocenters. The highest BCUT2D eigenvalue weighted by Crippen LogP contribution is 2.25. The van der Waals surface area contributed by atoms with Gasteiger partial charge in [-0.3, -0.25) is 9.69 Å². The van der Waals surface area contributed by atoms with Crippen molar-refractivity contribution < 1.29 is 4.79 Å². The van der Waals surface area contributed by atoms with Crippen LogP contribution in [0.1, 0.15) is 46.0 Å². The third-order valence-electron chi connectivity index (χ3n) is 4.73. The van der Waals surface area contributed by atoms with E-state index in [2.05, 4.69) is 23.6 Å². The number of hydrogen-bond donors (Lipinski definition) is 1. The normalized spacial score (nSPS) is 29.9. The van der Waals surface area contributed by atoms with Crippen LogP contribution in [0, 0.1) is 5.92 Å². The zero-order chi connectivity index (χ0) is 13.8. The van der Waals surface area contributed by atoms with Crippen LogP contribution < -0.4 is 5.73 Å². The molecule has 0 aromatic carbocycles. The van der Waals surface area contributed by atoms with E-state index in [1.54, 1.807) is 0 Å². The van der Waals surface area contributed by atoms with Crippen molar-refractivity contribution >= 4 is 5.91 Å². The molecule has 2 aliphatic heterocycles. The summed E-state index contributed by atoms with van der Waals surface area (Å²) in [6.07, 6.45) is 5.77. The van der Waals surface area contributed by atoms with Crippen molar-refractivity contribution in [3.63, 3.8) is 0 Å². The van der Waals surface area contributed by atoms with Crippen LogP contribution in [-0.4, -0.2) is 54.0 Å². The smallest absolute Gasteiger partial charge is 0.225 e. The third kappa shape index (κ3) is 3.48. The van der Waals surface area contributed by atoms with Gasteiger partial charge in [0.1, 0.15) is 0 Å². The quantitative estimate of drug-likeness (QED) is 0.838. The van der Waals surface area contributed by atoms with Crippen molar-refractivity contribution in [2.75, 3.05) is 26.2 Å². The molecule has 2 N–H and O–H groups in total. The van der Waals surface area contributed by atoms with Gasteiger partial charge in [-0.15, -0.1) is 0 Å². The molecule has 0 saturated carbocycles. The lowest BCUT2D eigenvalue weighted by Crippen LogP contribution is -2.60.